The summed E-state index contributed by atoms with van der Waals surface area (Å²) in [6, 6.07) is 74.5. The molecule has 2 heteroatoms. The molecule has 2 nitrogen and oxygen atoms in total. The Balaban J connectivity index is 1.08. The summed E-state index contributed by atoms with van der Waals surface area (Å²) in [6.07, 6.45) is 0. The molecule has 0 unspecified atom stereocenters. The number of nitrogens with zero attached hydrogens (tertiary/aromatic N) is 1. The van der Waals surface area contributed by atoms with Gasteiger partial charge in [-0.3, -0.25) is 0 Å². The number of furan rings is 1. The van der Waals surface area contributed by atoms with Crippen molar-refractivity contribution in [2.45, 2.75) is 24.7 Å². The third kappa shape index (κ3) is 4.32. The molecule has 0 fully saturated rings. The van der Waals surface area contributed by atoms with Crippen LogP contribution in [0.15, 0.2) is 205 Å². The van der Waals surface area contributed by atoms with Crippen molar-refractivity contribution >= 4 is 39.0 Å². The van der Waals surface area contributed by atoms with Gasteiger partial charge in [0.05, 0.1) is 5.41 Å². The molecule has 3 aliphatic rings. The minimum atomic E-state index is -0.528. The molecule has 0 atom stereocenters. The minimum Gasteiger partial charge on any atom is -0.456 e. The number of fused-ring (bicyclic) bond motifs is 18. The lowest BCUT2D eigenvalue weighted by atomic mass is 9.66. The molecular formula is C58H39NO. The van der Waals surface area contributed by atoms with Gasteiger partial charge in [0.25, 0.3) is 0 Å². The smallest absolute Gasteiger partial charge is 0.135 e. The third-order valence-corrected chi connectivity index (χ3v) is 13.9. The first kappa shape index (κ1) is 33.5. The zero-order valence-electron chi connectivity index (χ0n) is 33.4. The van der Waals surface area contributed by atoms with Gasteiger partial charge in [0.1, 0.15) is 11.2 Å². The highest BCUT2D eigenvalue weighted by Crippen LogP contribution is 2.62. The molecule has 0 amide bonds. The SMILES string of the molecule is CC1(C)c2ccccc2-c2ccc(N(c3ccc4c(c3)-c3ccccc3C43c4ccccc4-c4ccccc4-c4ccccc43)c3ccc4oc5ccccc5c4c3)cc21. The highest BCUT2D eigenvalue weighted by Gasteiger charge is 2.49. The molecule has 0 aliphatic heterocycles. The lowest BCUT2D eigenvalue weighted by Crippen LogP contribution is -2.29. The molecule has 1 heterocycles. The second kappa shape index (κ2) is 12.1. The third-order valence-electron chi connectivity index (χ3n) is 13.9. The Kier molecular flexibility index (Phi) is 6.74. The van der Waals surface area contributed by atoms with E-state index in [2.05, 4.69) is 213 Å². The topological polar surface area (TPSA) is 16.4 Å². The summed E-state index contributed by atoms with van der Waals surface area (Å²) in [5.41, 5.74) is 22.7. The van der Waals surface area contributed by atoms with E-state index in [0.29, 0.717) is 0 Å². The van der Waals surface area contributed by atoms with E-state index in [1.165, 1.54) is 77.9 Å². The fourth-order valence-corrected chi connectivity index (χ4v) is 11.3. The normalized spacial score (nSPS) is 14.4. The van der Waals surface area contributed by atoms with Gasteiger partial charge >= 0.3 is 0 Å². The Hall–Kier alpha value is -7.42. The summed E-state index contributed by atoms with van der Waals surface area (Å²) in [4.78, 5) is 2.46. The Labute approximate surface area is 349 Å². The lowest BCUT2D eigenvalue weighted by molar-refractivity contribution is 0.660. The van der Waals surface area contributed by atoms with E-state index in [0.717, 1.165) is 39.0 Å². The van der Waals surface area contributed by atoms with E-state index in [4.69, 9.17) is 4.42 Å². The molecule has 0 radical (unpaired) electrons. The van der Waals surface area contributed by atoms with Crippen molar-refractivity contribution in [3.63, 3.8) is 0 Å². The zero-order valence-corrected chi connectivity index (χ0v) is 33.4. The van der Waals surface area contributed by atoms with E-state index in [9.17, 15) is 0 Å². The predicted molar refractivity (Wildman–Crippen MR) is 248 cm³/mol. The van der Waals surface area contributed by atoms with Crippen molar-refractivity contribution in [3.05, 3.63) is 234 Å². The standard InChI is InChI=1S/C58H39NO/c1-57(2)49-22-10-5-19-43(49)45-30-27-38(35-54(45)57)59(37-29-32-56-48(34-37)46-21-9-14-26-55(46)60-56)36-28-31-53-47(33-36)44-20-8-13-25-52(44)58(53)50-23-11-6-17-41(50)39-15-3-4-16-40(39)42-18-7-12-24-51(42)58/h3-35H,1-2H3. The molecule has 1 spiro atoms. The van der Waals surface area contributed by atoms with E-state index in [1.54, 1.807) is 0 Å². The van der Waals surface area contributed by atoms with E-state index in [1.807, 2.05) is 6.07 Å². The van der Waals surface area contributed by atoms with Crippen molar-refractivity contribution < 1.29 is 4.42 Å². The van der Waals surface area contributed by atoms with Gasteiger partial charge in [-0.1, -0.05) is 166 Å². The monoisotopic (exact) mass is 765 g/mol. The number of para-hydroxylation sites is 1. The maximum absolute atomic E-state index is 6.36. The summed E-state index contributed by atoms with van der Waals surface area (Å²) < 4.78 is 6.36. The molecule has 1 aromatic heterocycles. The van der Waals surface area contributed by atoms with Gasteiger partial charge < -0.3 is 9.32 Å². The number of hydrogen-bond acceptors (Lipinski definition) is 2. The molecule has 9 aromatic carbocycles. The lowest BCUT2D eigenvalue weighted by Gasteiger charge is -2.35. The minimum absolute atomic E-state index is 0.139. The van der Waals surface area contributed by atoms with Crippen LogP contribution in [0.2, 0.25) is 0 Å². The van der Waals surface area contributed by atoms with E-state index < -0.39 is 5.41 Å². The largest absolute Gasteiger partial charge is 0.456 e. The first-order valence-electron chi connectivity index (χ1n) is 21.0. The van der Waals surface area contributed by atoms with Gasteiger partial charge in [-0.15, -0.1) is 0 Å². The molecule has 0 N–H and O–H groups in total. The Morgan fingerprint density at radius 2 is 0.750 bits per heavy atom. The fourth-order valence-electron chi connectivity index (χ4n) is 11.3. The van der Waals surface area contributed by atoms with Crippen LogP contribution in [0.4, 0.5) is 17.1 Å². The zero-order chi connectivity index (χ0) is 39.7. The molecule has 13 rings (SSSR count). The Bertz CT molecular complexity index is 3370. The van der Waals surface area contributed by atoms with Gasteiger partial charge in [0, 0.05) is 33.2 Å². The maximum atomic E-state index is 6.36. The van der Waals surface area contributed by atoms with E-state index >= 15 is 0 Å². The second-order valence-electron chi connectivity index (χ2n) is 17.2. The van der Waals surface area contributed by atoms with Crippen LogP contribution in [0.5, 0.6) is 0 Å². The first-order valence-corrected chi connectivity index (χ1v) is 21.0. The van der Waals surface area contributed by atoms with Crippen LogP contribution in [-0.4, -0.2) is 0 Å². The molecule has 10 aromatic rings. The fraction of sp³-hybridized carbons (Fsp3) is 0.0690. The maximum Gasteiger partial charge on any atom is 0.135 e. The van der Waals surface area contributed by atoms with Crippen LogP contribution < -0.4 is 4.90 Å². The van der Waals surface area contributed by atoms with Crippen LogP contribution >= 0.6 is 0 Å². The van der Waals surface area contributed by atoms with Crippen molar-refractivity contribution in [1.82, 2.24) is 0 Å². The van der Waals surface area contributed by atoms with Crippen LogP contribution in [0.3, 0.4) is 0 Å². The van der Waals surface area contributed by atoms with Crippen molar-refractivity contribution in [2.75, 3.05) is 4.90 Å². The quantitative estimate of drug-likeness (QED) is 0.178. The van der Waals surface area contributed by atoms with Crippen molar-refractivity contribution in [2.24, 2.45) is 0 Å². The average molecular weight is 766 g/mol. The highest BCUT2D eigenvalue weighted by atomic mass is 16.3. The predicted octanol–water partition coefficient (Wildman–Crippen LogP) is 15.4. The average Bonchev–Trinajstić information content (AvgIpc) is 3.87. The molecule has 3 aliphatic carbocycles. The summed E-state index contributed by atoms with van der Waals surface area (Å²) in [6.45, 7) is 4.73. The van der Waals surface area contributed by atoms with Crippen LogP contribution in [0.1, 0.15) is 47.2 Å². The first-order chi connectivity index (χ1) is 29.5. The second-order valence-corrected chi connectivity index (χ2v) is 17.2. The van der Waals surface area contributed by atoms with Crippen LogP contribution in [0.25, 0.3) is 66.4 Å². The summed E-state index contributed by atoms with van der Waals surface area (Å²) in [5, 5.41) is 2.23. The number of benzene rings is 9. The molecule has 282 valence electrons. The van der Waals surface area contributed by atoms with Gasteiger partial charge in [-0.05, 0) is 126 Å². The number of rotatable bonds is 3. The molecule has 60 heavy (non-hydrogen) atoms. The van der Waals surface area contributed by atoms with Crippen molar-refractivity contribution in [3.8, 4) is 44.5 Å². The highest BCUT2D eigenvalue weighted by molar-refractivity contribution is 6.07. The molecular weight excluding hydrogens is 727 g/mol. The van der Waals surface area contributed by atoms with Gasteiger partial charge in [0.2, 0.25) is 0 Å². The molecule has 0 saturated carbocycles. The van der Waals surface area contributed by atoms with Crippen LogP contribution in [-0.2, 0) is 10.8 Å². The Morgan fingerprint density at radius 3 is 1.42 bits per heavy atom. The molecule has 0 saturated heterocycles. The molecule has 0 bridgehead atoms. The van der Waals surface area contributed by atoms with Gasteiger partial charge in [-0.25, -0.2) is 0 Å². The van der Waals surface area contributed by atoms with E-state index in [-0.39, 0.29) is 5.41 Å². The number of anilines is 3. The summed E-state index contributed by atoms with van der Waals surface area (Å²) >= 11 is 0. The van der Waals surface area contributed by atoms with Crippen LogP contribution in [0, 0.1) is 0 Å². The Morgan fingerprint density at radius 1 is 0.317 bits per heavy atom. The van der Waals surface area contributed by atoms with Gasteiger partial charge in [0.15, 0.2) is 0 Å². The van der Waals surface area contributed by atoms with Crippen molar-refractivity contribution in [1.29, 1.82) is 0 Å². The summed E-state index contributed by atoms with van der Waals surface area (Å²) in [5.74, 6) is 0. The van der Waals surface area contributed by atoms with Gasteiger partial charge in [-0.2, -0.15) is 0 Å². The number of hydrogen-bond donors (Lipinski definition) is 0. The summed E-state index contributed by atoms with van der Waals surface area (Å²) in [7, 11) is 0.